The fourth-order valence-electron chi connectivity index (χ4n) is 1.61. The van der Waals surface area contributed by atoms with Gasteiger partial charge in [0.1, 0.15) is 5.00 Å². The lowest BCUT2D eigenvalue weighted by atomic mass is 10.2. The molecule has 1 aromatic rings. The quantitative estimate of drug-likeness (QED) is 0.757. The van der Waals surface area contributed by atoms with Gasteiger partial charge in [0.15, 0.2) is 0 Å². The molecule has 3 heteroatoms. The zero-order valence-corrected chi connectivity index (χ0v) is 9.57. The molecule has 1 fully saturated rings. The maximum atomic E-state index is 5.95. The zero-order valence-electron chi connectivity index (χ0n) is 8.75. The van der Waals surface area contributed by atoms with Crippen molar-refractivity contribution in [3.63, 3.8) is 0 Å². The number of thiazole rings is 1. The molecule has 0 unspecified atom stereocenters. The monoisotopic (exact) mass is 210 g/mol. The highest BCUT2D eigenvalue weighted by molar-refractivity contribution is 7.15. The Hall–Kier alpha value is -0.570. The van der Waals surface area contributed by atoms with E-state index in [1.165, 1.54) is 37.1 Å². The second-order valence-corrected chi connectivity index (χ2v) is 5.16. The molecule has 1 aliphatic rings. The van der Waals surface area contributed by atoms with Crippen molar-refractivity contribution in [2.45, 2.75) is 51.4 Å². The number of nitrogens with zero attached hydrogens (tertiary/aromatic N) is 1. The van der Waals surface area contributed by atoms with Gasteiger partial charge in [-0.2, -0.15) is 0 Å². The first-order chi connectivity index (χ1) is 6.81. The summed E-state index contributed by atoms with van der Waals surface area (Å²) >= 11 is 1.71. The molecule has 2 nitrogen and oxygen atoms in total. The summed E-state index contributed by atoms with van der Waals surface area (Å²) in [5, 5.41) is 2.25. The molecule has 2 rings (SSSR count). The van der Waals surface area contributed by atoms with E-state index in [0.29, 0.717) is 0 Å². The van der Waals surface area contributed by atoms with Crippen LogP contribution in [0.15, 0.2) is 0 Å². The molecule has 1 aliphatic carbocycles. The SMILES string of the molecule is CCCCCc1nc(C2CC2)sc1N. The third kappa shape index (κ3) is 2.27. The van der Waals surface area contributed by atoms with Crippen LogP contribution in [0, 0.1) is 0 Å². The van der Waals surface area contributed by atoms with Crippen LogP contribution in [0.5, 0.6) is 0 Å². The summed E-state index contributed by atoms with van der Waals surface area (Å²) in [4.78, 5) is 4.64. The minimum atomic E-state index is 0.752. The second kappa shape index (κ2) is 4.30. The van der Waals surface area contributed by atoms with Crippen LogP contribution in [0.25, 0.3) is 0 Å². The molecule has 0 bridgehead atoms. The summed E-state index contributed by atoms with van der Waals surface area (Å²) in [6, 6.07) is 0. The fraction of sp³-hybridized carbons (Fsp3) is 0.727. The normalized spacial score (nSPS) is 16.1. The molecule has 14 heavy (non-hydrogen) atoms. The number of aromatic nitrogens is 1. The summed E-state index contributed by atoms with van der Waals surface area (Å²) in [5.74, 6) is 0.752. The first kappa shape index (κ1) is 9.97. The predicted molar refractivity (Wildman–Crippen MR) is 61.7 cm³/mol. The van der Waals surface area contributed by atoms with E-state index in [9.17, 15) is 0 Å². The van der Waals surface area contributed by atoms with E-state index in [-0.39, 0.29) is 0 Å². The number of nitrogen functional groups attached to an aromatic ring is 1. The van der Waals surface area contributed by atoms with E-state index in [4.69, 9.17) is 5.73 Å². The van der Waals surface area contributed by atoms with Crippen molar-refractivity contribution < 1.29 is 0 Å². The van der Waals surface area contributed by atoms with Gasteiger partial charge < -0.3 is 5.73 Å². The molecule has 2 N–H and O–H groups in total. The third-order valence-electron chi connectivity index (χ3n) is 2.69. The molecule has 0 amide bonds. The third-order valence-corrected chi connectivity index (χ3v) is 3.78. The topological polar surface area (TPSA) is 38.9 Å². The van der Waals surface area contributed by atoms with Crippen LogP contribution < -0.4 is 5.73 Å². The molecule has 0 aromatic carbocycles. The fourth-order valence-corrected chi connectivity index (χ4v) is 2.66. The van der Waals surface area contributed by atoms with Crippen molar-refractivity contribution in [2.75, 3.05) is 5.73 Å². The first-order valence-electron chi connectivity index (χ1n) is 5.56. The summed E-state index contributed by atoms with van der Waals surface area (Å²) in [6.07, 6.45) is 7.50. The first-order valence-corrected chi connectivity index (χ1v) is 6.38. The van der Waals surface area contributed by atoms with Crippen LogP contribution in [-0.4, -0.2) is 4.98 Å². The largest absolute Gasteiger partial charge is 0.389 e. The van der Waals surface area contributed by atoms with Gasteiger partial charge in [0, 0.05) is 5.92 Å². The maximum absolute atomic E-state index is 5.95. The van der Waals surface area contributed by atoms with Crippen LogP contribution in [0.1, 0.15) is 55.6 Å². The van der Waals surface area contributed by atoms with Crippen LogP contribution >= 0.6 is 11.3 Å². The van der Waals surface area contributed by atoms with Gasteiger partial charge in [-0.3, -0.25) is 0 Å². The molecule has 0 atom stereocenters. The Kier molecular flexibility index (Phi) is 3.06. The Balaban J connectivity index is 1.94. The van der Waals surface area contributed by atoms with Gasteiger partial charge in [0.25, 0.3) is 0 Å². The molecular formula is C11H18N2S. The minimum Gasteiger partial charge on any atom is -0.389 e. The number of anilines is 1. The highest BCUT2D eigenvalue weighted by Gasteiger charge is 2.27. The van der Waals surface area contributed by atoms with Crippen molar-refractivity contribution in [3.8, 4) is 0 Å². The van der Waals surface area contributed by atoms with Crippen LogP contribution in [0.4, 0.5) is 5.00 Å². The van der Waals surface area contributed by atoms with Gasteiger partial charge in [0.2, 0.25) is 0 Å². The molecule has 1 heterocycles. The molecular weight excluding hydrogens is 192 g/mol. The van der Waals surface area contributed by atoms with Gasteiger partial charge in [-0.15, -0.1) is 11.3 Å². The number of nitrogens with two attached hydrogens (primary N) is 1. The molecule has 0 aliphatic heterocycles. The Bertz CT molecular complexity index is 302. The van der Waals surface area contributed by atoms with Crippen molar-refractivity contribution in [1.82, 2.24) is 4.98 Å². The number of hydrogen-bond acceptors (Lipinski definition) is 3. The smallest absolute Gasteiger partial charge is 0.109 e. The Labute approximate surface area is 89.5 Å². The van der Waals surface area contributed by atoms with E-state index in [0.717, 1.165) is 23.0 Å². The second-order valence-electron chi connectivity index (χ2n) is 4.09. The lowest BCUT2D eigenvalue weighted by molar-refractivity contribution is 0.709. The van der Waals surface area contributed by atoms with E-state index in [1.54, 1.807) is 11.3 Å². The number of rotatable bonds is 5. The number of unbranched alkanes of at least 4 members (excludes halogenated alkanes) is 2. The van der Waals surface area contributed by atoms with Crippen molar-refractivity contribution in [3.05, 3.63) is 10.7 Å². The Morgan fingerprint density at radius 2 is 2.21 bits per heavy atom. The van der Waals surface area contributed by atoms with Gasteiger partial charge >= 0.3 is 0 Å². The Morgan fingerprint density at radius 1 is 1.43 bits per heavy atom. The van der Waals surface area contributed by atoms with E-state index >= 15 is 0 Å². The highest BCUT2D eigenvalue weighted by Crippen LogP contribution is 2.43. The van der Waals surface area contributed by atoms with Crippen molar-refractivity contribution in [1.29, 1.82) is 0 Å². The van der Waals surface area contributed by atoms with Gasteiger partial charge in [-0.25, -0.2) is 4.98 Å². The molecule has 1 saturated carbocycles. The molecule has 1 aromatic heterocycles. The maximum Gasteiger partial charge on any atom is 0.109 e. The van der Waals surface area contributed by atoms with E-state index in [1.807, 2.05) is 0 Å². The number of aryl methyl sites for hydroxylation is 1. The minimum absolute atomic E-state index is 0.752. The van der Waals surface area contributed by atoms with E-state index in [2.05, 4.69) is 11.9 Å². The van der Waals surface area contributed by atoms with Crippen LogP contribution in [-0.2, 0) is 6.42 Å². The summed E-state index contributed by atoms with van der Waals surface area (Å²) in [7, 11) is 0. The van der Waals surface area contributed by atoms with Crippen molar-refractivity contribution in [2.24, 2.45) is 0 Å². The van der Waals surface area contributed by atoms with Gasteiger partial charge in [-0.1, -0.05) is 19.8 Å². The van der Waals surface area contributed by atoms with E-state index < -0.39 is 0 Å². The molecule has 0 saturated heterocycles. The molecule has 0 radical (unpaired) electrons. The lowest BCUT2D eigenvalue weighted by Crippen LogP contribution is -1.91. The highest BCUT2D eigenvalue weighted by atomic mass is 32.1. The molecule has 78 valence electrons. The van der Waals surface area contributed by atoms with Gasteiger partial charge in [-0.05, 0) is 25.7 Å². The summed E-state index contributed by atoms with van der Waals surface area (Å²) in [5.41, 5.74) is 7.10. The van der Waals surface area contributed by atoms with Crippen molar-refractivity contribution >= 4 is 16.3 Å². The average Bonchev–Trinajstić information content (AvgIpc) is 2.94. The van der Waals surface area contributed by atoms with Crippen LogP contribution in [0.3, 0.4) is 0 Å². The average molecular weight is 210 g/mol. The lowest BCUT2D eigenvalue weighted by Gasteiger charge is -1.96. The predicted octanol–water partition coefficient (Wildman–Crippen LogP) is 3.34. The summed E-state index contributed by atoms with van der Waals surface area (Å²) < 4.78 is 0. The standard InChI is InChI=1S/C11H18N2S/c1-2-3-4-5-9-10(12)14-11(13-9)8-6-7-8/h8H,2-7,12H2,1H3. The Morgan fingerprint density at radius 3 is 2.86 bits per heavy atom. The zero-order chi connectivity index (χ0) is 9.97. The summed E-state index contributed by atoms with van der Waals surface area (Å²) in [6.45, 7) is 2.22. The number of hydrogen-bond donors (Lipinski definition) is 1. The molecule has 0 spiro atoms. The van der Waals surface area contributed by atoms with Gasteiger partial charge in [0.05, 0.1) is 10.7 Å². The van der Waals surface area contributed by atoms with Crippen LogP contribution in [0.2, 0.25) is 0 Å².